The zero-order chi connectivity index (χ0) is 14.6. The van der Waals surface area contributed by atoms with Crippen molar-refractivity contribution in [2.45, 2.75) is 32.4 Å². The minimum absolute atomic E-state index is 0.111. The van der Waals surface area contributed by atoms with Crippen molar-refractivity contribution >= 4 is 29.7 Å². The SMILES string of the molecule is CCC(C)C(NC(N)=O)C(=O)N1CSC[C@H]1C(=O)O. The van der Waals surface area contributed by atoms with Crippen LogP contribution in [0, 0.1) is 5.92 Å². The Hall–Kier alpha value is -1.44. The number of rotatable bonds is 5. The summed E-state index contributed by atoms with van der Waals surface area (Å²) in [5.74, 6) is -0.834. The van der Waals surface area contributed by atoms with Crippen molar-refractivity contribution in [3.63, 3.8) is 0 Å². The van der Waals surface area contributed by atoms with Gasteiger partial charge in [-0.2, -0.15) is 0 Å². The first-order chi connectivity index (χ1) is 8.88. The van der Waals surface area contributed by atoms with Crippen LogP contribution in [0.2, 0.25) is 0 Å². The monoisotopic (exact) mass is 289 g/mol. The molecule has 0 radical (unpaired) electrons. The van der Waals surface area contributed by atoms with E-state index in [1.807, 2.05) is 13.8 Å². The van der Waals surface area contributed by atoms with Gasteiger partial charge in [-0.05, 0) is 5.92 Å². The maximum Gasteiger partial charge on any atom is 0.327 e. The van der Waals surface area contributed by atoms with Gasteiger partial charge in [-0.15, -0.1) is 11.8 Å². The lowest BCUT2D eigenvalue weighted by Gasteiger charge is -2.29. The summed E-state index contributed by atoms with van der Waals surface area (Å²) >= 11 is 1.38. The van der Waals surface area contributed by atoms with E-state index in [9.17, 15) is 14.4 Å². The number of carboxylic acid groups (broad SMARTS) is 1. The highest BCUT2D eigenvalue weighted by atomic mass is 32.2. The maximum atomic E-state index is 12.4. The third-order valence-corrected chi connectivity index (χ3v) is 4.24. The van der Waals surface area contributed by atoms with Crippen LogP contribution in [0.25, 0.3) is 0 Å². The Labute approximate surface area is 115 Å². The number of nitrogens with two attached hydrogens (primary N) is 1. The van der Waals surface area contributed by atoms with E-state index in [4.69, 9.17) is 10.8 Å². The number of carbonyl (C=O) groups is 3. The van der Waals surface area contributed by atoms with E-state index in [1.54, 1.807) is 0 Å². The van der Waals surface area contributed by atoms with Crippen LogP contribution < -0.4 is 11.1 Å². The summed E-state index contributed by atoms with van der Waals surface area (Å²) in [4.78, 5) is 35.7. The Morgan fingerprint density at radius 1 is 1.53 bits per heavy atom. The Balaban J connectivity index is 2.86. The smallest absolute Gasteiger partial charge is 0.327 e. The van der Waals surface area contributed by atoms with Crippen LogP contribution in [0.3, 0.4) is 0 Å². The number of primary amides is 1. The summed E-state index contributed by atoms with van der Waals surface area (Å²) in [5.41, 5.74) is 5.07. The molecule has 0 aliphatic carbocycles. The van der Waals surface area contributed by atoms with Crippen LogP contribution in [0.15, 0.2) is 0 Å². The topological polar surface area (TPSA) is 113 Å². The van der Waals surface area contributed by atoms with Crippen molar-refractivity contribution in [2.75, 3.05) is 11.6 Å². The van der Waals surface area contributed by atoms with Gasteiger partial charge in [0.1, 0.15) is 12.1 Å². The lowest BCUT2D eigenvalue weighted by Crippen LogP contribution is -2.55. The Morgan fingerprint density at radius 3 is 2.63 bits per heavy atom. The van der Waals surface area contributed by atoms with Crippen LogP contribution >= 0.6 is 11.8 Å². The van der Waals surface area contributed by atoms with Gasteiger partial charge in [0, 0.05) is 5.75 Å². The van der Waals surface area contributed by atoms with Crippen molar-refractivity contribution in [1.82, 2.24) is 10.2 Å². The molecule has 0 spiro atoms. The largest absolute Gasteiger partial charge is 0.480 e. The molecule has 3 amide bonds. The van der Waals surface area contributed by atoms with Crippen LogP contribution in [0.1, 0.15) is 20.3 Å². The van der Waals surface area contributed by atoms with Gasteiger partial charge in [-0.1, -0.05) is 20.3 Å². The van der Waals surface area contributed by atoms with Crippen LogP contribution in [0.5, 0.6) is 0 Å². The molecule has 1 saturated heterocycles. The Morgan fingerprint density at radius 2 is 2.16 bits per heavy atom. The number of carbonyl (C=O) groups excluding carboxylic acids is 2. The molecule has 3 atom stereocenters. The fourth-order valence-electron chi connectivity index (χ4n) is 1.88. The number of aliphatic carboxylic acids is 1. The molecule has 19 heavy (non-hydrogen) atoms. The second-order valence-corrected chi connectivity index (χ2v) is 5.53. The maximum absolute atomic E-state index is 12.4. The summed E-state index contributed by atoms with van der Waals surface area (Å²) in [6.07, 6.45) is 0.676. The summed E-state index contributed by atoms with van der Waals surface area (Å²) in [6.45, 7) is 3.71. The number of urea groups is 1. The van der Waals surface area contributed by atoms with Gasteiger partial charge in [0.25, 0.3) is 0 Å². The molecule has 0 aromatic carbocycles. The molecule has 108 valence electrons. The quantitative estimate of drug-likeness (QED) is 0.662. The van der Waals surface area contributed by atoms with Crippen LogP contribution in [-0.4, -0.2) is 51.6 Å². The highest BCUT2D eigenvalue weighted by Crippen LogP contribution is 2.23. The van der Waals surface area contributed by atoms with Crippen molar-refractivity contribution in [2.24, 2.45) is 11.7 Å². The summed E-state index contributed by atoms with van der Waals surface area (Å²) in [6, 6.07) is -2.39. The van der Waals surface area contributed by atoms with Crippen LogP contribution in [-0.2, 0) is 9.59 Å². The molecule has 7 nitrogen and oxygen atoms in total. The molecule has 0 saturated carbocycles. The van der Waals surface area contributed by atoms with E-state index in [2.05, 4.69) is 5.32 Å². The molecule has 0 aromatic rings. The first kappa shape index (κ1) is 15.6. The molecule has 1 aliphatic rings. The summed E-state index contributed by atoms with van der Waals surface area (Å²) in [7, 11) is 0. The van der Waals surface area contributed by atoms with Crippen molar-refractivity contribution < 1.29 is 19.5 Å². The summed E-state index contributed by atoms with van der Waals surface area (Å²) in [5, 5.41) is 11.5. The fourth-order valence-corrected chi connectivity index (χ4v) is 3.03. The molecule has 0 bridgehead atoms. The van der Waals surface area contributed by atoms with E-state index in [1.165, 1.54) is 16.7 Å². The fraction of sp³-hybridized carbons (Fsp3) is 0.727. The first-order valence-electron chi connectivity index (χ1n) is 6.05. The number of nitrogens with zero attached hydrogens (tertiary/aromatic N) is 1. The average Bonchev–Trinajstić information content (AvgIpc) is 2.83. The lowest BCUT2D eigenvalue weighted by molar-refractivity contribution is -0.148. The van der Waals surface area contributed by atoms with E-state index in [-0.39, 0.29) is 11.8 Å². The molecule has 1 fully saturated rings. The third kappa shape index (κ3) is 3.76. The van der Waals surface area contributed by atoms with Gasteiger partial charge in [-0.25, -0.2) is 9.59 Å². The minimum Gasteiger partial charge on any atom is -0.480 e. The van der Waals surface area contributed by atoms with Crippen molar-refractivity contribution in [3.8, 4) is 0 Å². The van der Waals surface area contributed by atoms with Gasteiger partial charge >= 0.3 is 12.0 Å². The van der Waals surface area contributed by atoms with E-state index in [0.29, 0.717) is 18.1 Å². The minimum atomic E-state index is -1.03. The number of hydrogen-bond acceptors (Lipinski definition) is 4. The number of hydrogen-bond donors (Lipinski definition) is 3. The van der Waals surface area contributed by atoms with Gasteiger partial charge in [0.05, 0.1) is 5.88 Å². The molecule has 0 aromatic heterocycles. The molecule has 4 N–H and O–H groups in total. The standard InChI is InChI=1S/C11H19N3O4S/c1-3-6(2)8(13-11(12)18)9(15)14-5-19-4-7(14)10(16)17/h6-8H,3-5H2,1-2H3,(H,16,17)(H3,12,13,18)/t6?,7-,8?/m0/s1. The molecule has 2 unspecified atom stereocenters. The van der Waals surface area contributed by atoms with Gasteiger partial charge in [0.2, 0.25) is 5.91 Å². The average molecular weight is 289 g/mol. The first-order valence-corrected chi connectivity index (χ1v) is 7.21. The van der Waals surface area contributed by atoms with E-state index >= 15 is 0 Å². The van der Waals surface area contributed by atoms with Gasteiger partial charge in [0.15, 0.2) is 0 Å². The van der Waals surface area contributed by atoms with Gasteiger partial charge in [-0.3, -0.25) is 4.79 Å². The summed E-state index contributed by atoms with van der Waals surface area (Å²) < 4.78 is 0. The predicted octanol–water partition coefficient (Wildman–Crippen LogP) is 0.0555. The highest BCUT2D eigenvalue weighted by Gasteiger charge is 2.39. The molecule has 1 heterocycles. The molecule has 1 aliphatic heterocycles. The zero-order valence-electron chi connectivity index (χ0n) is 11.0. The lowest BCUT2D eigenvalue weighted by atomic mass is 9.97. The van der Waals surface area contributed by atoms with Crippen molar-refractivity contribution in [1.29, 1.82) is 0 Å². The third-order valence-electron chi connectivity index (χ3n) is 3.23. The molecule has 1 rings (SSSR count). The molecular formula is C11H19N3O4S. The van der Waals surface area contributed by atoms with E-state index < -0.39 is 24.1 Å². The second kappa shape index (κ2) is 6.65. The van der Waals surface area contributed by atoms with E-state index in [0.717, 1.165) is 0 Å². The number of thioether (sulfide) groups is 1. The number of amides is 3. The second-order valence-electron chi connectivity index (χ2n) is 4.53. The number of nitrogens with one attached hydrogen (secondary N) is 1. The molecule has 8 heteroatoms. The zero-order valence-corrected chi connectivity index (χ0v) is 11.8. The van der Waals surface area contributed by atoms with Gasteiger partial charge < -0.3 is 21.1 Å². The van der Waals surface area contributed by atoms with Crippen molar-refractivity contribution in [3.05, 3.63) is 0 Å². The molecular weight excluding hydrogens is 270 g/mol. The Bertz CT molecular complexity index is 377. The van der Waals surface area contributed by atoms with Crippen LogP contribution in [0.4, 0.5) is 4.79 Å². The highest BCUT2D eigenvalue weighted by molar-refractivity contribution is 7.99. The predicted molar refractivity (Wildman–Crippen MR) is 71.6 cm³/mol. The normalized spacial score (nSPS) is 21.8. The number of carboxylic acids is 1. The Kier molecular flexibility index (Phi) is 5.46.